The Labute approximate surface area is 108 Å². The predicted molar refractivity (Wildman–Crippen MR) is 68.3 cm³/mol. The largest absolute Gasteiger partial charge is 0.231 e. The molecule has 0 spiro atoms. The predicted octanol–water partition coefficient (Wildman–Crippen LogP) is 3.32. The molecule has 5 heteroatoms. The monoisotopic (exact) mass is 259 g/mol. The highest BCUT2D eigenvalue weighted by Crippen LogP contribution is 2.26. The second-order valence-electron chi connectivity index (χ2n) is 4.40. The van der Waals surface area contributed by atoms with Gasteiger partial charge in [-0.05, 0) is 38.1 Å². The van der Waals surface area contributed by atoms with Gasteiger partial charge in [0.05, 0.1) is 23.1 Å². The minimum Gasteiger partial charge on any atom is -0.231 e. The first-order chi connectivity index (χ1) is 9.08. The molecule has 0 bridgehead atoms. The van der Waals surface area contributed by atoms with Gasteiger partial charge in [-0.1, -0.05) is 0 Å². The van der Waals surface area contributed by atoms with Crippen LogP contribution in [0.15, 0.2) is 30.5 Å². The molecule has 0 atom stereocenters. The number of aromatic nitrogens is 3. The van der Waals surface area contributed by atoms with Crippen molar-refractivity contribution in [3.05, 3.63) is 53.5 Å². The van der Waals surface area contributed by atoms with Gasteiger partial charge in [0.1, 0.15) is 5.82 Å². The van der Waals surface area contributed by atoms with E-state index < -0.39 is 5.95 Å². The lowest BCUT2D eigenvalue weighted by molar-refractivity contribution is 0.582. The zero-order chi connectivity index (χ0) is 13.6. The maximum absolute atomic E-state index is 13.7. The van der Waals surface area contributed by atoms with E-state index in [2.05, 4.69) is 10.1 Å². The fourth-order valence-electron chi connectivity index (χ4n) is 2.17. The van der Waals surface area contributed by atoms with Gasteiger partial charge in [-0.3, -0.25) is 0 Å². The molecule has 1 aromatic carbocycles. The molecule has 0 fully saturated rings. The van der Waals surface area contributed by atoms with Crippen LogP contribution in [0, 0.1) is 25.6 Å². The normalized spacial score (nSPS) is 11.2. The van der Waals surface area contributed by atoms with Gasteiger partial charge >= 0.3 is 0 Å². The quantitative estimate of drug-likeness (QED) is 0.628. The fraction of sp³-hybridized carbons (Fsp3) is 0.143. The average Bonchev–Trinajstić information content (AvgIpc) is 2.73. The van der Waals surface area contributed by atoms with E-state index in [1.54, 1.807) is 23.7 Å². The summed E-state index contributed by atoms with van der Waals surface area (Å²) in [5, 5.41) is 5.26. The maximum Gasteiger partial charge on any atom is 0.212 e. The topological polar surface area (TPSA) is 30.7 Å². The lowest BCUT2D eigenvalue weighted by Gasteiger charge is -2.05. The van der Waals surface area contributed by atoms with E-state index in [1.165, 1.54) is 18.3 Å². The van der Waals surface area contributed by atoms with Gasteiger partial charge in [0.25, 0.3) is 0 Å². The Balaban J connectivity index is 2.35. The number of nitrogens with zero attached hydrogens (tertiary/aromatic N) is 3. The van der Waals surface area contributed by atoms with E-state index in [-0.39, 0.29) is 5.82 Å². The molecule has 3 nitrogen and oxygen atoms in total. The van der Waals surface area contributed by atoms with Gasteiger partial charge in [-0.15, -0.1) is 0 Å². The van der Waals surface area contributed by atoms with Crippen molar-refractivity contribution in [3.8, 4) is 5.69 Å². The Hall–Kier alpha value is -2.30. The second-order valence-corrected chi connectivity index (χ2v) is 4.40. The van der Waals surface area contributed by atoms with Crippen molar-refractivity contribution >= 4 is 10.9 Å². The Morgan fingerprint density at radius 3 is 2.53 bits per heavy atom. The number of rotatable bonds is 1. The summed E-state index contributed by atoms with van der Waals surface area (Å²) in [5.41, 5.74) is 2.60. The maximum atomic E-state index is 13.7. The van der Waals surface area contributed by atoms with Crippen molar-refractivity contribution in [2.24, 2.45) is 0 Å². The van der Waals surface area contributed by atoms with Crippen LogP contribution in [0.1, 0.15) is 11.3 Å². The SMILES string of the molecule is Cc1nn(-c2ccc(F)nc2)c2c(C)c(F)ccc12. The summed E-state index contributed by atoms with van der Waals surface area (Å²) in [6.07, 6.45) is 1.38. The van der Waals surface area contributed by atoms with Crippen LogP contribution in [0.5, 0.6) is 0 Å². The molecule has 0 amide bonds. The van der Waals surface area contributed by atoms with E-state index in [1.807, 2.05) is 6.92 Å². The Kier molecular flexibility index (Phi) is 2.55. The number of pyridine rings is 1. The molecule has 0 radical (unpaired) electrons. The Morgan fingerprint density at radius 1 is 1.05 bits per heavy atom. The molecule has 0 saturated carbocycles. The molecular formula is C14H11F2N3. The lowest BCUT2D eigenvalue weighted by Crippen LogP contribution is -2.00. The van der Waals surface area contributed by atoms with Crippen LogP contribution < -0.4 is 0 Å². The van der Waals surface area contributed by atoms with Crippen LogP contribution in [0.3, 0.4) is 0 Å². The van der Waals surface area contributed by atoms with Crippen LogP contribution >= 0.6 is 0 Å². The smallest absolute Gasteiger partial charge is 0.212 e. The van der Waals surface area contributed by atoms with Crippen molar-refractivity contribution in [2.45, 2.75) is 13.8 Å². The average molecular weight is 259 g/mol. The van der Waals surface area contributed by atoms with E-state index in [0.29, 0.717) is 16.8 Å². The van der Waals surface area contributed by atoms with Gasteiger partial charge in [-0.2, -0.15) is 9.49 Å². The summed E-state index contributed by atoms with van der Waals surface area (Å²) in [7, 11) is 0. The van der Waals surface area contributed by atoms with Crippen molar-refractivity contribution in [1.29, 1.82) is 0 Å². The third kappa shape index (κ3) is 1.78. The van der Waals surface area contributed by atoms with Crippen LogP contribution in [0.25, 0.3) is 16.6 Å². The molecular weight excluding hydrogens is 248 g/mol. The number of hydrogen-bond donors (Lipinski definition) is 0. The second kappa shape index (κ2) is 4.12. The summed E-state index contributed by atoms with van der Waals surface area (Å²) in [6, 6.07) is 5.96. The van der Waals surface area contributed by atoms with Crippen LogP contribution in [0.4, 0.5) is 8.78 Å². The zero-order valence-corrected chi connectivity index (χ0v) is 10.5. The number of halogens is 2. The highest BCUT2D eigenvalue weighted by atomic mass is 19.1. The van der Waals surface area contributed by atoms with Gasteiger partial charge in [0, 0.05) is 10.9 Å². The third-order valence-electron chi connectivity index (χ3n) is 3.17. The summed E-state index contributed by atoms with van der Waals surface area (Å²) in [4.78, 5) is 3.60. The van der Waals surface area contributed by atoms with Gasteiger partial charge < -0.3 is 0 Å². The minimum atomic E-state index is -0.556. The standard InChI is InChI=1S/C14H11F2N3/c1-8-12(15)5-4-11-9(2)18-19(14(8)11)10-3-6-13(16)17-7-10/h3-7H,1-2H3. The Morgan fingerprint density at radius 2 is 1.84 bits per heavy atom. The van der Waals surface area contributed by atoms with Crippen molar-refractivity contribution in [2.75, 3.05) is 0 Å². The first kappa shape index (κ1) is 11.8. The molecule has 3 aromatic rings. The van der Waals surface area contributed by atoms with Crippen molar-refractivity contribution in [1.82, 2.24) is 14.8 Å². The summed E-state index contributed by atoms with van der Waals surface area (Å²) in [5.74, 6) is -0.844. The zero-order valence-electron chi connectivity index (χ0n) is 10.5. The highest BCUT2D eigenvalue weighted by Gasteiger charge is 2.14. The minimum absolute atomic E-state index is 0.288. The molecule has 2 heterocycles. The number of fused-ring (bicyclic) bond motifs is 1. The molecule has 0 N–H and O–H groups in total. The van der Waals surface area contributed by atoms with Crippen LogP contribution in [0.2, 0.25) is 0 Å². The molecule has 0 unspecified atom stereocenters. The molecule has 0 saturated heterocycles. The molecule has 0 aliphatic rings. The number of benzene rings is 1. The summed E-state index contributed by atoms with van der Waals surface area (Å²) in [6.45, 7) is 3.55. The van der Waals surface area contributed by atoms with Crippen LogP contribution in [-0.2, 0) is 0 Å². The first-order valence-corrected chi connectivity index (χ1v) is 5.84. The van der Waals surface area contributed by atoms with Crippen molar-refractivity contribution in [3.63, 3.8) is 0 Å². The lowest BCUT2D eigenvalue weighted by atomic mass is 10.1. The molecule has 0 aliphatic carbocycles. The third-order valence-corrected chi connectivity index (χ3v) is 3.17. The van der Waals surface area contributed by atoms with Crippen LogP contribution in [-0.4, -0.2) is 14.8 Å². The summed E-state index contributed by atoms with van der Waals surface area (Å²) >= 11 is 0. The van der Waals surface area contributed by atoms with Gasteiger partial charge in [0.15, 0.2) is 0 Å². The molecule has 96 valence electrons. The Bertz CT molecular complexity index is 760. The van der Waals surface area contributed by atoms with E-state index in [4.69, 9.17) is 0 Å². The van der Waals surface area contributed by atoms with Crippen molar-refractivity contribution < 1.29 is 8.78 Å². The van der Waals surface area contributed by atoms with E-state index >= 15 is 0 Å². The van der Waals surface area contributed by atoms with E-state index in [0.717, 1.165) is 11.1 Å². The van der Waals surface area contributed by atoms with E-state index in [9.17, 15) is 8.78 Å². The summed E-state index contributed by atoms with van der Waals surface area (Å²) < 4.78 is 28.2. The molecule has 2 aromatic heterocycles. The fourth-order valence-corrected chi connectivity index (χ4v) is 2.17. The molecule has 19 heavy (non-hydrogen) atoms. The molecule has 0 aliphatic heterocycles. The van der Waals surface area contributed by atoms with Gasteiger partial charge in [0.2, 0.25) is 5.95 Å². The highest BCUT2D eigenvalue weighted by molar-refractivity contribution is 5.86. The number of hydrogen-bond acceptors (Lipinski definition) is 2. The number of aryl methyl sites for hydroxylation is 2. The van der Waals surface area contributed by atoms with Gasteiger partial charge in [-0.25, -0.2) is 14.1 Å². The first-order valence-electron chi connectivity index (χ1n) is 5.84. The molecule has 3 rings (SSSR count).